The molecule has 5 rings (SSSR count). The molecule has 0 saturated heterocycles. The summed E-state index contributed by atoms with van der Waals surface area (Å²) in [6.07, 6.45) is 8.44. The second kappa shape index (κ2) is 22.7. The fraction of sp³-hybridized carbons (Fsp3) is 0.556. The molecule has 0 radical (unpaired) electrons. The second-order valence-corrected chi connectivity index (χ2v) is 16.5. The molecule has 2 aromatic carbocycles. The van der Waals surface area contributed by atoms with Crippen molar-refractivity contribution < 1.29 is 43.7 Å². The maximum Gasteiger partial charge on any atom is 0.336 e. The third-order valence-corrected chi connectivity index (χ3v) is 12.2. The van der Waals surface area contributed by atoms with Crippen molar-refractivity contribution in [1.29, 1.82) is 0 Å². The summed E-state index contributed by atoms with van der Waals surface area (Å²) >= 11 is 6.65. The number of ether oxygens (including phenoxy) is 2. The highest BCUT2D eigenvalue weighted by molar-refractivity contribution is 6.30. The van der Waals surface area contributed by atoms with Crippen molar-refractivity contribution in [1.82, 2.24) is 25.5 Å². The molecule has 2 aliphatic rings. The fourth-order valence-corrected chi connectivity index (χ4v) is 8.73. The Bertz CT molecular complexity index is 1920. The minimum Gasteiger partial charge on any atom is -0.481 e. The molecule has 60 heavy (non-hydrogen) atoms. The van der Waals surface area contributed by atoms with Crippen molar-refractivity contribution in [3.8, 4) is 11.1 Å². The number of nitrogens with one attached hydrogen (secondary N) is 3. The third-order valence-electron chi connectivity index (χ3n) is 11.9. The minimum absolute atomic E-state index is 0.0303. The molecule has 3 amide bonds. The molecular weight excluding hydrogens is 790 g/mol. The van der Waals surface area contributed by atoms with Crippen LogP contribution in [-0.2, 0) is 48.2 Å². The van der Waals surface area contributed by atoms with E-state index in [1.54, 1.807) is 25.3 Å². The number of carbonyl (C=O) groups excluding carboxylic acids is 3. The van der Waals surface area contributed by atoms with Gasteiger partial charge >= 0.3 is 11.9 Å². The lowest BCUT2D eigenvalue weighted by atomic mass is 9.76. The number of carboxylic acids is 2. The third kappa shape index (κ3) is 12.6. The highest BCUT2D eigenvalue weighted by Gasteiger charge is 2.45. The van der Waals surface area contributed by atoms with E-state index >= 15 is 0 Å². The van der Waals surface area contributed by atoms with Gasteiger partial charge < -0.3 is 40.2 Å². The summed E-state index contributed by atoms with van der Waals surface area (Å²) in [4.78, 5) is 68.2. The maximum atomic E-state index is 13.7. The van der Waals surface area contributed by atoms with E-state index in [0.29, 0.717) is 81.1 Å². The first-order valence-electron chi connectivity index (χ1n) is 21.2. The first-order valence-corrected chi connectivity index (χ1v) is 21.6. The van der Waals surface area contributed by atoms with Gasteiger partial charge in [0.05, 0.1) is 49.0 Å². The number of hydrogen-bond acceptors (Lipinski definition) is 8. The van der Waals surface area contributed by atoms with Crippen LogP contribution in [0.3, 0.4) is 0 Å². The van der Waals surface area contributed by atoms with E-state index < -0.39 is 23.3 Å². The van der Waals surface area contributed by atoms with Gasteiger partial charge in [-0.3, -0.25) is 19.2 Å². The Kier molecular flexibility index (Phi) is 17.5. The number of methoxy groups -OCH3 is 1. The number of carbonyl (C=O) groups is 5. The first kappa shape index (κ1) is 46.3. The zero-order valence-corrected chi connectivity index (χ0v) is 35.6. The number of unbranched alkanes of at least 4 members (excludes halogenated alkanes) is 1. The number of benzene rings is 2. The average Bonchev–Trinajstić information content (AvgIpc) is 3.84. The minimum atomic E-state index is -0.986. The second-order valence-electron chi connectivity index (χ2n) is 16.1. The SMILES string of the molecule is CCCCc1nc(Cl)c(CNC(=O)CCNC(=O)C2CCC(NC(=O)C3(CC(COCCOC)C(=O)O)CCCC3)CC2)n1Cc1ccc(-c2ccccc2C(=O)O)cc1. The summed E-state index contributed by atoms with van der Waals surface area (Å²) in [5.74, 6) is -2.60. The van der Waals surface area contributed by atoms with Gasteiger partial charge in [-0.1, -0.05) is 80.3 Å². The fourth-order valence-electron chi connectivity index (χ4n) is 8.47. The number of imidazole rings is 1. The van der Waals surface area contributed by atoms with Crippen molar-refractivity contribution >= 4 is 41.3 Å². The number of halogens is 1. The topological polar surface area (TPSA) is 198 Å². The van der Waals surface area contributed by atoms with Crippen molar-refractivity contribution in [2.75, 3.05) is 33.5 Å². The predicted octanol–water partition coefficient (Wildman–Crippen LogP) is 6.40. The molecule has 326 valence electrons. The van der Waals surface area contributed by atoms with Crippen LogP contribution in [0.1, 0.15) is 111 Å². The molecule has 2 saturated carbocycles. The number of carboxylic acid groups (broad SMARTS) is 2. The molecule has 1 heterocycles. The van der Waals surface area contributed by atoms with E-state index in [-0.39, 0.29) is 67.8 Å². The van der Waals surface area contributed by atoms with Crippen LogP contribution in [0, 0.1) is 17.3 Å². The summed E-state index contributed by atoms with van der Waals surface area (Å²) in [5, 5.41) is 28.9. The lowest BCUT2D eigenvalue weighted by Crippen LogP contribution is -2.48. The normalized spacial score (nSPS) is 17.8. The van der Waals surface area contributed by atoms with E-state index in [1.807, 2.05) is 34.9 Å². The van der Waals surface area contributed by atoms with Crippen LogP contribution >= 0.6 is 11.6 Å². The molecule has 3 aromatic rings. The van der Waals surface area contributed by atoms with Crippen molar-refractivity contribution in [2.45, 2.75) is 110 Å². The highest BCUT2D eigenvalue weighted by atomic mass is 35.5. The quantitative estimate of drug-likeness (QED) is 0.0666. The number of aryl methyl sites for hydroxylation is 1. The molecule has 15 heteroatoms. The van der Waals surface area contributed by atoms with E-state index in [0.717, 1.165) is 42.6 Å². The molecule has 1 atom stereocenters. The van der Waals surface area contributed by atoms with Crippen LogP contribution in [-0.4, -0.2) is 88.9 Å². The van der Waals surface area contributed by atoms with Gasteiger partial charge in [-0.15, -0.1) is 0 Å². The molecule has 2 aliphatic carbocycles. The molecule has 1 unspecified atom stereocenters. The molecular formula is C45H60ClN5O9. The Morgan fingerprint density at radius 1 is 0.967 bits per heavy atom. The van der Waals surface area contributed by atoms with Crippen molar-refractivity contribution in [3.05, 3.63) is 76.3 Å². The van der Waals surface area contributed by atoms with Gasteiger partial charge in [0.1, 0.15) is 5.82 Å². The van der Waals surface area contributed by atoms with Crippen LogP contribution in [0.2, 0.25) is 5.15 Å². The zero-order valence-electron chi connectivity index (χ0n) is 34.8. The Labute approximate surface area is 357 Å². The number of amides is 3. The number of aliphatic carboxylic acids is 1. The Morgan fingerprint density at radius 3 is 2.35 bits per heavy atom. The van der Waals surface area contributed by atoms with Crippen molar-refractivity contribution in [3.63, 3.8) is 0 Å². The van der Waals surface area contributed by atoms with Crippen LogP contribution < -0.4 is 16.0 Å². The van der Waals surface area contributed by atoms with Gasteiger partial charge in [-0.05, 0) is 74.1 Å². The van der Waals surface area contributed by atoms with E-state index in [4.69, 9.17) is 21.1 Å². The molecule has 0 aliphatic heterocycles. The Balaban J connectivity index is 1.08. The van der Waals surface area contributed by atoms with E-state index in [9.17, 15) is 34.2 Å². The van der Waals surface area contributed by atoms with Crippen LogP contribution in [0.5, 0.6) is 0 Å². The van der Waals surface area contributed by atoms with Crippen LogP contribution in [0.15, 0.2) is 48.5 Å². The maximum absolute atomic E-state index is 13.7. The number of nitrogens with zero attached hydrogens (tertiary/aromatic N) is 2. The summed E-state index contributed by atoms with van der Waals surface area (Å²) < 4.78 is 12.5. The van der Waals surface area contributed by atoms with Gasteiger partial charge in [0.15, 0.2) is 5.15 Å². The summed E-state index contributed by atoms with van der Waals surface area (Å²) in [6, 6.07) is 14.5. The number of hydrogen-bond donors (Lipinski definition) is 5. The summed E-state index contributed by atoms with van der Waals surface area (Å²) in [7, 11) is 1.55. The Morgan fingerprint density at radius 2 is 1.68 bits per heavy atom. The number of aromatic carboxylic acids is 1. The number of aromatic nitrogens is 2. The molecule has 0 spiro atoms. The zero-order chi connectivity index (χ0) is 43.1. The van der Waals surface area contributed by atoms with Gasteiger partial charge in [0, 0.05) is 45.0 Å². The molecule has 5 N–H and O–H groups in total. The van der Waals surface area contributed by atoms with Crippen LogP contribution in [0.4, 0.5) is 0 Å². The van der Waals surface area contributed by atoms with Crippen molar-refractivity contribution in [2.24, 2.45) is 17.3 Å². The van der Waals surface area contributed by atoms with Gasteiger partial charge in [0.2, 0.25) is 17.7 Å². The summed E-state index contributed by atoms with van der Waals surface area (Å²) in [6.45, 7) is 3.59. The standard InChI is InChI=1S/C45H60ClN5O9/c1-3-4-11-38-50-40(46)37(51(38)28-30-12-14-31(15-13-30)35-9-5-6-10-36(35)43(56)57)27-48-39(52)20-23-47-41(53)32-16-18-34(19-17-32)49-44(58)45(21-7-8-22-45)26-33(42(54)55)29-60-25-24-59-2/h5-6,9-10,12-15,32-34H,3-4,7-8,11,16-29H2,1-2H3,(H,47,53)(H,48,52)(H,49,58)(H,54,55)(H,56,57). The lowest BCUT2D eigenvalue weighted by molar-refractivity contribution is -0.147. The molecule has 0 bridgehead atoms. The lowest BCUT2D eigenvalue weighted by Gasteiger charge is -2.34. The molecule has 14 nitrogen and oxygen atoms in total. The highest BCUT2D eigenvalue weighted by Crippen LogP contribution is 2.44. The van der Waals surface area contributed by atoms with E-state index in [2.05, 4.69) is 27.9 Å². The average molecular weight is 850 g/mol. The summed E-state index contributed by atoms with van der Waals surface area (Å²) in [5.41, 5.74) is 2.57. The smallest absolute Gasteiger partial charge is 0.336 e. The van der Waals surface area contributed by atoms with E-state index in [1.165, 1.54) is 0 Å². The monoisotopic (exact) mass is 849 g/mol. The largest absolute Gasteiger partial charge is 0.481 e. The molecule has 1 aromatic heterocycles. The predicted molar refractivity (Wildman–Crippen MR) is 226 cm³/mol. The molecule has 2 fully saturated rings. The van der Waals surface area contributed by atoms with Gasteiger partial charge in [-0.2, -0.15) is 0 Å². The van der Waals surface area contributed by atoms with Gasteiger partial charge in [-0.25, -0.2) is 9.78 Å². The number of rotatable bonds is 23. The van der Waals surface area contributed by atoms with Crippen LogP contribution in [0.25, 0.3) is 11.1 Å². The first-order chi connectivity index (χ1) is 28.9. The van der Waals surface area contributed by atoms with Gasteiger partial charge in [0.25, 0.3) is 0 Å². The Hall–Kier alpha value is -4.79.